The summed E-state index contributed by atoms with van der Waals surface area (Å²) in [7, 11) is -3.16. The van der Waals surface area contributed by atoms with Gasteiger partial charge in [0.1, 0.15) is 0 Å². The highest BCUT2D eigenvalue weighted by Gasteiger charge is 2.25. The highest BCUT2D eigenvalue weighted by Crippen LogP contribution is 2.18. The van der Waals surface area contributed by atoms with Crippen molar-refractivity contribution in [3.05, 3.63) is 35.9 Å². The molecule has 0 saturated carbocycles. The van der Waals surface area contributed by atoms with E-state index in [4.69, 9.17) is 0 Å². The van der Waals surface area contributed by atoms with Crippen molar-refractivity contribution in [2.75, 3.05) is 25.9 Å². The fourth-order valence-corrected chi connectivity index (χ4v) is 3.96. The van der Waals surface area contributed by atoms with Crippen LogP contribution < -0.4 is 5.32 Å². The Kier molecular flexibility index (Phi) is 7.13. The molecular formula is C18H26N2O4S. The van der Waals surface area contributed by atoms with Gasteiger partial charge in [0.25, 0.3) is 0 Å². The molecule has 1 aliphatic heterocycles. The molecular weight excluding hydrogens is 340 g/mol. The summed E-state index contributed by atoms with van der Waals surface area (Å²) in [5.74, 6) is 0.111. The summed E-state index contributed by atoms with van der Waals surface area (Å²) >= 11 is 0. The minimum absolute atomic E-state index is 0.0458. The molecule has 1 atom stereocenters. The van der Waals surface area contributed by atoms with Gasteiger partial charge in [-0.05, 0) is 25.2 Å². The zero-order valence-corrected chi connectivity index (χ0v) is 15.4. The molecule has 0 bridgehead atoms. The average Bonchev–Trinajstić information content (AvgIpc) is 2.60. The predicted octanol–water partition coefficient (Wildman–Crippen LogP) is 1.83. The zero-order chi connectivity index (χ0) is 18.3. The smallest absolute Gasteiger partial charge is 0.220 e. The number of benzene rings is 1. The Balaban J connectivity index is 1.66. The van der Waals surface area contributed by atoms with Crippen LogP contribution in [0.1, 0.15) is 42.5 Å². The molecule has 1 heterocycles. The van der Waals surface area contributed by atoms with Gasteiger partial charge in [-0.1, -0.05) is 30.3 Å². The lowest BCUT2D eigenvalue weighted by Gasteiger charge is -2.30. The van der Waals surface area contributed by atoms with Gasteiger partial charge >= 0.3 is 0 Å². The number of ketones is 1. The summed E-state index contributed by atoms with van der Waals surface area (Å²) in [5, 5.41) is 2.87. The van der Waals surface area contributed by atoms with Crippen molar-refractivity contribution >= 4 is 21.7 Å². The van der Waals surface area contributed by atoms with E-state index < -0.39 is 10.0 Å². The van der Waals surface area contributed by atoms with Gasteiger partial charge in [-0.2, -0.15) is 0 Å². The number of Topliss-reactive ketones (excluding diaryl/α,β-unsaturated/α-hetero) is 1. The Morgan fingerprint density at radius 2 is 1.92 bits per heavy atom. The van der Waals surface area contributed by atoms with Crippen molar-refractivity contribution in [1.29, 1.82) is 0 Å². The number of hydrogen-bond donors (Lipinski definition) is 1. The summed E-state index contributed by atoms with van der Waals surface area (Å²) in [6, 6.07) is 9.06. The van der Waals surface area contributed by atoms with Crippen LogP contribution in [0.15, 0.2) is 30.3 Å². The minimum atomic E-state index is -3.16. The van der Waals surface area contributed by atoms with Crippen LogP contribution in [-0.2, 0) is 14.8 Å². The number of sulfonamides is 1. The molecule has 7 heteroatoms. The van der Waals surface area contributed by atoms with E-state index in [1.807, 2.05) is 18.2 Å². The Morgan fingerprint density at radius 3 is 2.60 bits per heavy atom. The first kappa shape index (κ1) is 19.6. The number of amides is 1. The number of carbonyl (C=O) groups excluding carboxylic acids is 2. The first-order valence-electron chi connectivity index (χ1n) is 8.66. The van der Waals surface area contributed by atoms with Crippen LogP contribution in [0.3, 0.4) is 0 Å². The van der Waals surface area contributed by atoms with E-state index in [1.54, 1.807) is 12.1 Å². The van der Waals surface area contributed by atoms with Gasteiger partial charge in [0.2, 0.25) is 15.9 Å². The third-order valence-corrected chi connectivity index (χ3v) is 5.71. The number of piperidine rings is 1. The average molecular weight is 366 g/mol. The largest absolute Gasteiger partial charge is 0.356 e. The van der Waals surface area contributed by atoms with Crippen LogP contribution in [0.25, 0.3) is 0 Å². The van der Waals surface area contributed by atoms with Crippen molar-refractivity contribution in [3.8, 4) is 0 Å². The maximum absolute atomic E-state index is 12.0. The molecule has 1 fully saturated rings. The maximum Gasteiger partial charge on any atom is 0.220 e. The molecule has 1 aromatic carbocycles. The van der Waals surface area contributed by atoms with Crippen molar-refractivity contribution < 1.29 is 18.0 Å². The van der Waals surface area contributed by atoms with E-state index in [1.165, 1.54) is 10.6 Å². The molecule has 0 aliphatic carbocycles. The molecule has 1 saturated heterocycles. The second-order valence-electron chi connectivity index (χ2n) is 6.58. The van der Waals surface area contributed by atoms with Gasteiger partial charge in [-0.15, -0.1) is 0 Å². The van der Waals surface area contributed by atoms with Crippen LogP contribution in [0.2, 0.25) is 0 Å². The van der Waals surface area contributed by atoms with Crippen molar-refractivity contribution in [2.24, 2.45) is 5.92 Å². The van der Waals surface area contributed by atoms with Gasteiger partial charge in [-0.3, -0.25) is 9.59 Å². The van der Waals surface area contributed by atoms with E-state index in [-0.39, 0.29) is 17.6 Å². The fraction of sp³-hybridized carbons (Fsp3) is 0.556. The van der Waals surface area contributed by atoms with E-state index in [9.17, 15) is 18.0 Å². The van der Waals surface area contributed by atoms with Crippen LogP contribution >= 0.6 is 0 Å². The standard InChI is InChI=1S/C18H26N2O4S/c1-25(23,24)20-12-6-7-15(14-20)13-19-18(22)11-5-10-17(21)16-8-3-2-4-9-16/h2-4,8-9,15H,5-7,10-14H2,1H3,(H,19,22)/t15-/m0/s1. The summed E-state index contributed by atoms with van der Waals surface area (Å²) in [5.41, 5.74) is 0.672. The van der Waals surface area contributed by atoms with Gasteiger partial charge in [0.05, 0.1) is 6.26 Å². The third-order valence-electron chi connectivity index (χ3n) is 4.44. The van der Waals surface area contributed by atoms with Gasteiger partial charge in [-0.25, -0.2) is 12.7 Å². The summed E-state index contributed by atoms with van der Waals surface area (Å²) in [6.07, 6.45) is 4.12. The Bertz CT molecular complexity index is 688. The first-order valence-corrected chi connectivity index (χ1v) is 10.5. The second kappa shape index (κ2) is 9.10. The quantitative estimate of drug-likeness (QED) is 0.712. The molecule has 1 aliphatic rings. The second-order valence-corrected chi connectivity index (χ2v) is 8.56. The maximum atomic E-state index is 12.0. The molecule has 2 rings (SSSR count). The summed E-state index contributed by atoms with van der Waals surface area (Å²) < 4.78 is 24.7. The van der Waals surface area contributed by atoms with E-state index in [0.717, 1.165) is 12.8 Å². The van der Waals surface area contributed by atoms with Crippen LogP contribution in [0, 0.1) is 5.92 Å². The van der Waals surface area contributed by atoms with Crippen LogP contribution in [-0.4, -0.2) is 50.3 Å². The van der Waals surface area contributed by atoms with Gasteiger partial charge in [0, 0.05) is 38.0 Å². The minimum Gasteiger partial charge on any atom is -0.356 e. The molecule has 25 heavy (non-hydrogen) atoms. The van der Waals surface area contributed by atoms with E-state index in [0.29, 0.717) is 44.5 Å². The topological polar surface area (TPSA) is 83.6 Å². The highest BCUT2D eigenvalue weighted by atomic mass is 32.2. The molecule has 0 unspecified atom stereocenters. The van der Waals surface area contributed by atoms with E-state index in [2.05, 4.69) is 5.32 Å². The molecule has 1 aromatic rings. The molecule has 6 nitrogen and oxygen atoms in total. The number of carbonyl (C=O) groups is 2. The third kappa shape index (κ3) is 6.59. The van der Waals surface area contributed by atoms with E-state index >= 15 is 0 Å². The number of rotatable bonds is 8. The summed E-state index contributed by atoms with van der Waals surface area (Å²) in [4.78, 5) is 23.9. The first-order chi connectivity index (χ1) is 11.9. The Labute approximate surface area is 149 Å². The molecule has 0 aromatic heterocycles. The Hall–Kier alpha value is -1.73. The lowest BCUT2D eigenvalue weighted by Crippen LogP contribution is -2.43. The molecule has 1 amide bonds. The number of nitrogens with zero attached hydrogens (tertiary/aromatic N) is 1. The van der Waals surface area contributed by atoms with Crippen molar-refractivity contribution in [3.63, 3.8) is 0 Å². The monoisotopic (exact) mass is 366 g/mol. The molecule has 138 valence electrons. The van der Waals surface area contributed by atoms with Crippen LogP contribution in [0.4, 0.5) is 0 Å². The normalized spacial score (nSPS) is 18.7. The molecule has 1 N–H and O–H groups in total. The predicted molar refractivity (Wildman–Crippen MR) is 96.8 cm³/mol. The Morgan fingerprint density at radius 1 is 1.20 bits per heavy atom. The van der Waals surface area contributed by atoms with Crippen molar-refractivity contribution in [1.82, 2.24) is 9.62 Å². The highest BCUT2D eigenvalue weighted by molar-refractivity contribution is 7.88. The fourth-order valence-electron chi connectivity index (χ4n) is 3.02. The molecule has 0 radical (unpaired) electrons. The van der Waals surface area contributed by atoms with Gasteiger partial charge < -0.3 is 5.32 Å². The molecule has 0 spiro atoms. The lowest BCUT2D eigenvalue weighted by molar-refractivity contribution is -0.121. The number of nitrogens with one attached hydrogen (secondary N) is 1. The number of hydrogen-bond acceptors (Lipinski definition) is 4. The zero-order valence-electron chi connectivity index (χ0n) is 14.6. The van der Waals surface area contributed by atoms with Gasteiger partial charge in [0.15, 0.2) is 5.78 Å². The van der Waals surface area contributed by atoms with Crippen LogP contribution in [0.5, 0.6) is 0 Å². The lowest BCUT2D eigenvalue weighted by atomic mass is 9.99. The SMILES string of the molecule is CS(=O)(=O)N1CCC[C@@H](CNC(=O)CCCC(=O)c2ccccc2)C1. The summed E-state index contributed by atoms with van der Waals surface area (Å²) in [6.45, 7) is 1.51. The van der Waals surface area contributed by atoms with Crippen molar-refractivity contribution in [2.45, 2.75) is 32.1 Å².